The molecule has 102 valence electrons. The molecule has 0 aliphatic heterocycles. The summed E-state index contributed by atoms with van der Waals surface area (Å²) in [7, 11) is 0. The molecule has 0 amide bonds. The van der Waals surface area contributed by atoms with Crippen LogP contribution in [0.4, 0.5) is 5.82 Å². The summed E-state index contributed by atoms with van der Waals surface area (Å²) in [5, 5.41) is 4.19. The molecule has 0 spiro atoms. The summed E-state index contributed by atoms with van der Waals surface area (Å²) in [6.07, 6.45) is 1.70. The number of nitrogens with zero attached hydrogens (tertiary/aromatic N) is 2. The predicted molar refractivity (Wildman–Crippen MR) is 77.9 cm³/mol. The van der Waals surface area contributed by atoms with Crippen LogP contribution in [0.2, 0.25) is 0 Å². The maximum atomic E-state index is 5.31. The molecule has 0 aliphatic carbocycles. The molecule has 2 rings (SSSR count). The first-order valence-corrected chi connectivity index (χ1v) is 7.26. The number of aromatic nitrogens is 2. The fourth-order valence-corrected chi connectivity index (χ4v) is 2.47. The molecule has 4 nitrogen and oxygen atoms in total. The molecular formula is C14H19N3OS. The van der Waals surface area contributed by atoms with Crippen LogP contribution in [0.5, 0.6) is 0 Å². The van der Waals surface area contributed by atoms with Crippen molar-refractivity contribution in [1.82, 2.24) is 9.97 Å². The highest BCUT2D eigenvalue weighted by atomic mass is 32.2. The molecule has 0 saturated heterocycles. The van der Waals surface area contributed by atoms with Crippen molar-refractivity contribution in [3.63, 3.8) is 0 Å². The molecule has 0 aromatic carbocycles. The van der Waals surface area contributed by atoms with Gasteiger partial charge in [0.2, 0.25) is 0 Å². The second-order valence-electron chi connectivity index (χ2n) is 4.58. The smallest absolute Gasteiger partial charge is 0.134 e. The monoisotopic (exact) mass is 277 g/mol. The van der Waals surface area contributed by atoms with Gasteiger partial charge in [-0.15, -0.1) is 0 Å². The third-order valence-electron chi connectivity index (χ3n) is 2.62. The number of anilines is 1. The molecular weight excluding hydrogens is 258 g/mol. The average molecular weight is 277 g/mol. The van der Waals surface area contributed by atoms with Crippen LogP contribution >= 0.6 is 11.8 Å². The largest absolute Gasteiger partial charge is 0.468 e. The Labute approximate surface area is 118 Å². The summed E-state index contributed by atoms with van der Waals surface area (Å²) >= 11 is 1.61. The van der Waals surface area contributed by atoms with E-state index in [4.69, 9.17) is 4.42 Å². The predicted octanol–water partition coefficient (Wildman–Crippen LogP) is 4.08. The van der Waals surface area contributed by atoms with E-state index in [1.165, 1.54) is 0 Å². The Hall–Kier alpha value is -1.49. The van der Waals surface area contributed by atoms with Crippen molar-refractivity contribution in [2.24, 2.45) is 0 Å². The van der Waals surface area contributed by atoms with Crippen LogP contribution in [0.25, 0.3) is 0 Å². The first-order chi connectivity index (χ1) is 9.10. The van der Waals surface area contributed by atoms with Crippen LogP contribution in [0, 0.1) is 6.92 Å². The van der Waals surface area contributed by atoms with Gasteiger partial charge in [-0.25, -0.2) is 9.97 Å². The third kappa shape index (κ3) is 3.50. The molecule has 2 aromatic rings. The van der Waals surface area contributed by atoms with Gasteiger partial charge in [0.1, 0.15) is 22.4 Å². The van der Waals surface area contributed by atoms with Gasteiger partial charge in [-0.05, 0) is 19.9 Å². The number of furan rings is 1. The fourth-order valence-electron chi connectivity index (χ4n) is 1.62. The van der Waals surface area contributed by atoms with E-state index in [1.807, 2.05) is 19.1 Å². The van der Waals surface area contributed by atoms with E-state index in [-0.39, 0.29) is 0 Å². The Kier molecular flexibility index (Phi) is 4.47. The van der Waals surface area contributed by atoms with Gasteiger partial charge in [0, 0.05) is 18.5 Å². The summed E-state index contributed by atoms with van der Waals surface area (Å²) in [5.74, 6) is 2.97. The normalized spacial score (nSPS) is 11.0. The van der Waals surface area contributed by atoms with Crippen molar-refractivity contribution in [3.8, 4) is 0 Å². The molecule has 0 fully saturated rings. The SMILES string of the molecule is CCNc1cc(Sc2ccoc2C)nc(C(C)C)n1. The molecule has 2 heterocycles. The van der Waals surface area contributed by atoms with Gasteiger partial charge in [0.15, 0.2) is 0 Å². The minimum Gasteiger partial charge on any atom is -0.468 e. The van der Waals surface area contributed by atoms with Gasteiger partial charge in [0.25, 0.3) is 0 Å². The van der Waals surface area contributed by atoms with Crippen LogP contribution in [0.15, 0.2) is 32.7 Å². The zero-order valence-electron chi connectivity index (χ0n) is 11.7. The molecule has 0 radical (unpaired) electrons. The lowest BCUT2D eigenvalue weighted by molar-refractivity contribution is 0.527. The van der Waals surface area contributed by atoms with Crippen LogP contribution in [0.1, 0.15) is 38.3 Å². The highest BCUT2D eigenvalue weighted by molar-refractivity contribution is 7.99. The van der Waals surface area contributed by atoms with Crippen molar-refractivity contribution in [1.29, 1.82) is 0 Å². The maximum Gasteiger partial charge on any atom is 0.134 e. The second-order valence-corrected chi connectivity index (χ2v) is 5.64. The quantitative estimate of drug-likeness (QED) is 0.834. The highest BCUT2D eigenvalue weighted by Gasteiger charge is 2.11. The summed E-state index contributed by atoms with van der Waals surface area (Å²) in [4.78, 5) is 10.2. The van der Waals surface area contributed by atoms with Crippen molar-refractivity contribution in [2.45, 2.75) is 43.5 Å². The van der Waals surface area contributed by atoms with Crippen LogP contribution in [-0.4, -0.2) is 16.5 Å². The van der Waals surface area contributed by atoms with E-state index >= 15 is 0 Å². The van der Waals surface area contributed by atoms with Gasteiger partial charge in [-0.3, -0.25) is 0 Å². The zero-order chi connectivity index (χ0) is 13.8. The summed E-state index contributed by atoms with van der Waals surface area (Å²) in [6.45, 7) is 9.07. The molecule has 2 aromatic heterocycles. The van der Waals surface area contributed by atoms with Crippen molar-refractivity contribution >= 4 is 17.6 Å². The Morgan fingerprint density at radius 1 is 1.37 bits per heavy atom. The highest BCUT2D eigenvalue weighted by Crippen LogP contribution is 2.31. The Balaban J connectivity index is 2.31. The molecule has 0 aliphatic rings. The molecule has 0 unspecified atom stereocenters. The third-order valence-corrected chi connectivity index (χ3v) is 3.68. The van der Waals surface area contributed by atoms with Crippen LogP contribution in [-0.2, 0) is 0 Å². The number of hydrogen-bond acceptors (Lipinski definition) is 5. The van der Waals surface area contributed by atoms with Gasteiger partial charge in [-0.2, -0.15) is 0 Å². The van der Waals surface area contributed by atoms with Crippen molar-refractivity contribution in [3.05, 3.63) is 30.0 Å². The van der Waals surface area contributed by atoms with Crippen LogP contribution in [0.3, 0.4) is 0 Å². The van der Waals surface area contributed by atoms with Gasteiger partial charge in [0.05, 0.1) is 11.2 Å². The first-order valence-electron chi connectivity index (χ1n) is 6.45. The number of nitrogens with one attached hydrogen (secondary N) is 1. The molecule has 5 heteroatoms. The summed E-state index contributed by atoms with van der Waals surface area (Å²) in [5.41, 5.74) is 0. The molecule has 0 bridgehead atoms. The lowest BCUT2D eigenvalue weighted by atomic mass is 10.2. The van der Waals surface area contributed by atoms with Crippen molar-refractivity contribution in [2.75, 3.05) is 11.9 Å². The minimum absolute atomic E-state index is 0.309. The number of aryl methyl sites for hydroxylation is 1. The van der Waals surface area contributed by atoms with Gasteiger partial charge in [-0.1, -0.05) is 25.6 Å². The summed E-state index contributed by atoms with van der Waals surface area (Å²) < 4.78 is 5.31. The molecule has 1 N–H and O–H groups in total. The summed E-state index contributed by atoms with van der Waals surface area (Å²) in [6, 6.07) is 3.94. The van der Waals surface area contributed by atoms with Gasteiger partial charge >= 0.3 is 0 Å². The molecule has 0 atom stereocenters. The molecule has 19 heavy (non-hydrogen) atoms. The fraction of sp³-hybridized carbons (Fsp3) is 0.429. The Bertz CT molecular complexity index is 551. The Morgan fingerprint density at radius 3 is 2.74 bits per heavy atom. The van der Waals surface area contributed by atoms with Crippen LogP contribution < -0.4 is 5.32 Å². The zero-order valence-corrected chi connectivity index (χ0v) is 12.5. The van der Waals surface area contributed by atoms with E-state index in [0.717, 1.165) is 33.9 Å². The minimum atomic E-state index is 0.309. The number of rotatable bonds is 5. The van der Waals surface area contributed by atoms with E-state index in [2.05, 4.69) is 36.1 Å². The van der Waals surface area contributed by atoms with Crippen molar-refractivity contribution < 1.29 is 4.42 Å². The lowest BCUT2D eigenvalue weighted by Crippen LogP contribution is -2.05. The lowest BCUT2D eigenvalue weighted by Gasteiger charge is -2.10. The van der Waals surface area contributed by atoms with E-state index in [0.29, 0.717) is 5.92 Å². The second kappa shape index (κ2) is 6.10. The molecule has 0 saturated carbocycles. The van der Waals surface area contributed by atoms with E-state index in [1.54, 1.807) is 18.0 Å². The average Bonchev–Trinajstić information content (AvgIpc) is 2.75. The van der Waals surface area contributed by atoms with E-state index in [9.17, 15) is 0 Å². The first kappa shape index (κ1) is 13.9. The van der Waals surface area contributed by atoms with E-state index < -0.39 is 0 Å². The van der Waals surface area contributed by atoms with Gasteiger partial charge < -0.3 is 9.73 Å². The maximum absolute atomic E-state index is 5.31. The Morgan fingerprint density at radius 2 is 2.16 bits per heavy atom. The number of hydrogen-bond donors (Lipinski definition) is 1. The standard InChI is InChI=1S/C14H19N3OS/c1-5-15-12-8-13(17-14(16-12)9(2)3)19-11-6-7-18-10(11)4/h6-9H,5H2,1-4H3,(H,15,16,17). The topological polar surface area (TPSA) is 51.0 Å².